The third-order valence-corrected chi connectivity index (χ3v) is 8.31. The first kappa shape index (κ1) is 37.4. The van der Waals surface area contributed by atoms with Crippen molar-refractivity contribution in [2.45, 2.75) is 185 Å². The van der Waals surface area contributed by atoms with Crippen LogP contribution in [-0.4, -0.2) is 84.2 Å². The molecule has 0 saturated carbocycles. The van der Waals surface area contributed by atoms with E-state index < -0.39 is 36.8 Å². The zero-order valence-electron chi connectivity index (χ0n) is 26.6. The number of aliphatic hydroxyl groups is 3. The number of esters is 1. The highest BCUT2D eigenvalue weighted by Gasteiger charge is 2.49. The predicted molar refractivity (Wildman–Crippen MR) is 162 cm³/mol. The van der Waals surface area contributed by atoms with Crippen molar-refractivity contribution in [1.29, 1.82) is 0 Å². The van der Waals surface area contributed by atoms with E-state index in [4.69, 9.17) is 23.7 Å². The van der Waals surface area contributed by atoms with Crippen molar-refractivity contribution in [1.82, 2.24) is 0 Å². The van der Waals surface area contributed by atoms with Gasteiger partial charge in [-0.25, -0.2) is 0 Å². The molecule has 0 spiro atoms. The van der Waals surface area contributed by atoms with Crippen molar-refractivity contribution in [2.75, 3.05) is 19.8 Å². The molecule has 248 valence electrons. The Morgan fingerprint density at radius 3 is 1.88 bits per heavy atom. The van der Waals surface area contributed by atoms with E-state index in [0.717, 1.165) is 38.5 Å². The molecule has 9 nitrogen and oxygen atoms in total. The van der Waals surface area contributed by atoms with Crippen molar-refractivity contribution >= 4 is 5.97 Å². The normalized spacial score (nSPS) is 26.6. The van der Waals surface area contributed by atoms with Crippen LogP contribution in [0.2, 0.25) is 0 Å². The third kappa shape index (κ3) is 15.8. The van der Waals surface area contributed by atoms with Crippen LogP contribution >= 0.6 is 0 Å². The quantitative estimate of drug-likeness (QED) is 0.0815. The number of carbonyl (C=O) groups excluding carboxylic acids is 1. The average Bonchev–Trinajstić information content (AvgIpc) is 3.57. The number of rotatable bonds is 26. The molecule has 0 unspecified atom stereocenters. The fraction of sp³-hybridized carbons (Fsp3) is 0.970. The van der Waals surface area contributed by atoms with Crippen molar-refractivity contribution in [3.63, 3.8) is 0 Å². The zero-order chi connectivity index (χ0) is 30.4. The van der Waals surface area contributed by atoms with Crippen LogP contribution < -0.4 is 0 Å². The van der Waals surface area contributed by atoms with E-state index >= 15 is 0 Å². The summed E-state index contributed by atoms with van der Waals surface area (Å²) in [6, 6.07) is 0. The number of aliphatic hydroxyl groups excluding tert-OH is 3. The first-order chi connectivity index (χ1) is 20.5. The van der Waals surface area contributed by atoms with E-state index in [-0.39, 0.29) is 32.1 Å². The van der Waals surface area contributed by atoms with Crippen LogP contribution in [0.4, 0.5) is 0 Å². The van der Waals surface area contributed by atoms with Crippen molar-refractivity contribution in [3.05, 3.63) is 0 Å². The smallest absolute Gasteiger partial charge is 0.305 e. The van der Waals surface area contributed by atoms with Gasteiger partial charge in [0.2, 0.25) is 0 Å². The lowest BCUT2D eigenvalue weighted by atomic mass is 10.1. The number of hydrogen-bond acceptors (Lipinski definition) is 9. The van der Waals surface area contributed by atoms with E-state index in [1.54, 1.807) is 0 Å². The summed E-state index contributed by atoms with van der Waals surface area (Å²) >= 11 is 0. The Hall–Kier alpha value is -0.810. The topological polar surface area (TPSA) is 124 Å². The van der Waals surface area contributed by atoms with Crippen LogP contribution in [0.3, 0.4) is 0 Å². The molecule has 0 radical (unpaired) electrons. The Bertz CT molecular complexity index is 663. The van der Waals surface area contributed by atoms with Gasteiger partial charge >= 0.3 is 5.97 Å². The molecular formula is C33H62O9. The summed E-state index contributed by atoms with van der Waals surface area (Å²) in [6.07, 6.45) is 16.7. The van der Waals surface area contributed by atoms with E-state index in [0.29, 0.717) is 6.42 Å². The zero-order valence-corrected chi connectivity index (χ0v) is 26.6. The van der Waals surface area contributed by atoms with E-state index in [1.807, 2.05) is 0 Å². The van der Waals surface area contributed by atoms with Crippen molar-refractivity contribution in [2.24, 2.45) is 0 Å². The van der Waals surface area contributed by atoms with Gasteiger partial charge in [-0.05, 0) is 19.3 Å². The molecule has 0 aliphatic carbocycles. The Morgan fingerprint density at radius 1 is 0.738 bits per heavy atom. The average molecular weight is 603 g/mol. The summed E-state index contributed by atoms with van der Waals surface area (Å²) in [5.74, 6) is -0.333. The lowest BCUT2D eigenvalue weighted by molar-refractivity contribution is -0.195. The Labute approximate surface area is 255 Å². The number of unbranched alkanes of at least 4 members (excludes halogenated alkanes) is 16. The molecule has 0 aromatic heterocycles. The summed E-state index contributed by atoms with van der Waals surface area (Å²) in [6.45, 7) is 4.34. The predicted octanol–water partition coefficient (Wildman–Crippen LogP) is 5.94. The number of ether oxygens (including phenoxy) is 5. The maximum absolute atomic E-state index is 12.0. The van der Waals surface area contributed by atoms with Gasteiger partial charge in [0.05, 0.1) is 13.2 Å². The Kier molecular flexibility index (Phi) is 21.0. The molecule has 2 rings (SSSR count). The molecule has 2 fully saturated rings. The van der Waals surface area contributed by atoms with Gasteiger partial charge in [0.15, 0.2) is 12.6 Å². The molecule has 2 aliphatic rings. The monoisotopic (exact) mass is 602 g/mol. The molecule has 0 aromatic rings. The van der Waals surface area contributed by atoms with Crippen molar-refractivity contribution < 1.29 is 43.8 Å². The summed E-state index contributed by atoms with van der Waals surface area (Å²) in [7, 11) is 0. The molecule has 0 aromatic carbocycles. The largest absolute Gasteiger partial charge is 0.463 e. The van der Waals surface area contributed by atoms with Crippen molar-refractivity contribution in [3.8, 4) is 0 Å². The maximum atomic E-state index is 12.0. The summed E-state index contributed by atoms with van der Waals surface area (Å²) < 4.78 is 28.2. The highest BCUT2D eigenvalue weighted by molar-refractivity contribution is 5.69. The number of carbonyl (C=O) groups is 1. The fourth-order valence-corrected chi connectivity index (χ4v) is 5.63. The molecule has 3 N–H and O–H groups in total. The van der Waals surface area contributed by atoms with Crippen LogP contribution in [0.1, 0.15) is 142 Å². The van der Waals surface area contributed by atoms with E-state index in [2.05, 4.69) is 13.8 Å². The minimum absolute atomic E-state index is 0.189. The lowest BCUT2D eigenvalue weighted by Crippen LogP contribution is -2.40. The summed E-state index contributed by atoms with van der Waals surface area (Å²) in [4.78, 5) is 12.0. The highest BCUT2D eigenvalue weighted by Crippen LogP contribution is 2.30. The summed E-state index contributed by atoms with van der Waals surface area (Å²) in [5, 5.41) is 31.1. The van der Waals surface area contributed by atoms with Crippen LogP contribution in [0.25, 0.3) is 0 Å². The molecule has 0 bridgehead atoms. The minimum atomic E-state index is -1.28. The standard InChI is InChI=1S/C33H62O9/c1-3-5-7-9-11-13-15-17-19-21-28(35)38-23-26(34)24-40-33-31(37)30(36)32(42-33)27-25-39-29(41-27)22-20-18-16-14-12-10-8-6-4-2/h26-27,29-34,36-37H,3-25H2,1-2H3/t26-,27-,29+,30-,31-,32+,33-/m1/s1. The molecule has 42 heavy (non-hydrogen) atoms. The van der Waals surface area contributed by atoms with Gasteiger partial charge < -0.3 is 39.0 Å². The first-order valence-corrected chi connectivity index (χ1v) is 17.2. The lowest BCUT2D eigenvalue weighted by Gasteiger charge is -2.20. The maximum Gasteiger partial charge on any atom is 0.305 e. The molecule has 2 aliphatic heterocycles. The second-order valence-electron chi connectivity index (χ2n) is 12.3. The second kappa shape index (κ2) is 23.6. The van der Waals surface area contributed by atoms with Gasteiger partial charge in [-0.15, -0.1) is 0 Å². The van der Waals surface area contributed by atoms with E-state index in [9.17, 15) is 20.1 Å². The van der Waals surface area contributed by atoms with Gasteiger partial charge in [-0.3, -0.25) is 4.79 Å². The van der Waals surface area contributed by atoms with Crippen LogP contribution in [0.15, 0.2) is 0 Å². The molecule has 2 heterocycles. The van der Waals surface area contributed by atoms with Gasteiger partial charge in [-0.1, -0.05) is 117 Å². The highest BCUT2D eigenvalue weighted by atomic mass is 16.8. The molecule has 0 amide bonds. The van der Waals surface area contributed by atoms with Crippen LogP contribution in [0.5, 0.6) is 0 Å². The molecule has 2 saturated heterocycles. The molecule has 7 atom stereocenters. The molecule has 9 heteroatoms. The van der Waals surface area contributed by atoms with E-state index in [1.165, 1.54) is 83.5 Å². The number of hydrogen-bond donors (Lipinski definition) is 3. The van der Waals surface area contributed by atoms with Gasteiger partial charge in [0, 0.05) is 6.42 Å². The van der Waals surface area contributed by atoms with Gasteiger partial charge in [0.25, 0.3) is 0 Å². The van der Waals surface area contributed by atoms with Gasteiger partial charge in [-0.2, -0.15) is 0 Å². The second-order valence-corrected chi connectivity index (χ2v) is 12.3. The first-order valence-electron chi connectivity index (χ1n) is 17.2. The Balaban J connectivity index is 1.51. The Morgan fingerprint density at radius 2 is 1.29 bits per heavy atom. The molecular weight excluding hydrogens is 540 g/mol. The van der Waals surface area contributed by atoms with Crippen LogP contribution in [-0.2, 0) is 28.5 Å². The summed E-state index contributed by atoms with van der Waals surface area (Å²) in [5.41, 5.74) is 0. The van der Waals surface area contributed by atoms with Crippen LogP contribution in [0, 0.1) is 0 Å². The minimum Gasteiger partial charge on any atom is -0.463 e. The fourth-order valence-electron chi connectivity index (χ4n) is 5.63. The van der Waals surface area contributed by atoms with Gasteiger partial charge in [0.1, 0.15) is 37.1 Å². The SMILES string of the molecule is CCCCCCCCCCCC(=O)OC[C@@H](O)CO[C@@H]1O[C@@H]([C@H]2CO[C@H](CCCCCCCCCCC)O2)[C@H](O)[C@H]1O. The third-order valence-electron chi connectivity index (χ3n) is 8.31.